The molecule has 3 aromatic rings. The van der Waals surface area contributed by atoms with Gasteiger partial charge in [0.25, 0.3) is 0 Å². The van der Waals surface area contributed by atoms with Gasteiger partial charge in [-0.25, -0.2) is 9.97 Å². The molecule has 4 rings (SSSR count). The molecule has 0 aliphatic heterocycles. The Morgan fingerprint density at radius 3 is 2.75 bits per heavy atom. The van der Waals surface area contributed by atoms with Gasteiger partial charge in [-0.05, 0) is 56.7 Å². The minimum atomic E-state index is 0.520. The Morgan fingerprint density at radius 1 is 1.03 bits per heavy atom. The van der Waals surface area contributed by atoms with E-state index >= 15 is 0 Å². The molecule has 0 unspecified atom stereocenters. The Balaban J connectivity index is 1.37. The van der Waals surface area contributed by atoms with Crippen molar-refractivity contribution in [3.05, 3.63) is 77.4 Å². The van der Waals surface area contributed by atoms with Crippen molar-refractivity contribution >= 4 is 11.4 Å². The SMILES string of the molecule is CO/N=C(\C)c1cccc(CCCON=C2CCCc3cnc(-c4ccccc4)nc32)n1. The van der Waals surface area contributed by atoms with Gasteiger partial charge < -0.3 is 9.68 Å². The summed E-state index contributed by atoms with van der Waals surface area (Å²) in [5.41, 5.74) is 6.51. The number of hydrogen-bond donors (Lipinski definition) is 0. The van der Waals surface area contributed by atoms with Gasteiger partial charge >= 0.3 is 0 Å². The van der Waals surface area contributed by atoms with Crippen LogP contribution in [0.4, 0.5) is 0 Å². The number of nitrogens with zero attached hydrogens (tertiary/aromatic N) is 5. The van der Waals surface area contributed by atoms with Gasteiger partial charge in [0.05, 0.1) is 11.4 Å². The predicted molar refractivity (Wildman–Crippen MR) is 125 cm³/mol. The molecule has 2 aromatic heterocycles. The Labute approximate surface area is 188 Å². The van der Waals surface area contributed by atoms with Crippen LogP contribution in [0.5, 0.6) is 0 Å². The molecule has 2 heterocycles. The second kappa shape index (κ2) is 10.6. The van der Waals surface area contributed by atoms with Crippen molar-refractivity contribution in [2.45, 2.75) is 39.0 Å². The van der Waals surface area contributed by atoms with Crippen molar-refractivity contribution in [2.75, 3.05) is 13.7 Å². The number of aromatic nitrogens is 3. The summed E-state index contributed by atoms with van der Waals surface area (Å²) in [6, 6.07) is 15.9. The number of benzene rings is 1. The zero-order valence-electron chi connectivity index (χ0n) is 18.5. The van der Waals surface area contributed by atoms with Crippen LogP contribution in [0.1, 0.15) is 48.8 Å². The minimum absolute atomic E-state index is 0.520. The highest BCUT2D eigenvalue weighted by molar-refractivity contribution is 6.01. The predicted octanol–water partition coefficient (Wildman–Crippen LogP) is 4.60. The van der Waals surface area contributed by atoms with Gasteiger partial charge in [0.2, 0.25) is 0 Å². The minimum Gasteiger partial charge on any atom is -0.399 e. The largest absolute Gasteiger partial charge is 0.399 e. The lowest BCUT2D eigenvalue weighted by Crippen LogP contribution is -2.16. The van der Waals surface area contributed by atoms with Gasteiger partial charge in [-0.15, -0.1) is 0 Å². The van der Waals surface area contributed by atoms with E-state index in [2.05, 4.69) is 20.3 Å². The van der Waals surface area contributed by atoms with Gasteiger partial charge in [0.15, 0.2) is 5.82 Å². The van der Waals surface area contributed by atoms with Crippen molar-refractivity contribution in [2.24, 2.45) is 10.3 Å². The van der Waals surface area contributed by atoms with Crippen LogP contribution >= 0.6 is 0 Å². The average molecular weight is 430 g/mol. The smallest absolute Gasteiger partial charge is 0.159 e. The second-order valence-electron chi connectivity index (χ2n) is 7.64. The Morgan fingerprint density at radius 2 is 1.91 bits per heavy atom. The maximum atomic E-state index is 5.67. The van der Waals surface area contributed by atoms with Crippen LogP contribution in [0.15, 0.2) is 65.0 Å². The maximum absolute atomic E-state index is 5.67. The van der Waals surface area contributed by atoms with E-state index < -0.39 is 0 Å². The molecule has 1 aliphatic rings. The van der Waals surface area contributed by atoms with E-state index in [-0.39, 0.29) is 0 Å². The first kappa shape index (κ1) is 21.6. The Kier molecular flexibility index (Phi) is 7.17. The van der Waals surface area contributed by atoms with Crippen LogP contribution in [0.25, 0.3) is 11.4 Å². The molecule has 0 radical (unpaired) electrons. The highest BCUT2D eigenvalue weighted by Gasteiger charge is 2.19. The molecule has 0 saturated carbocycles. The van der Waals surface area contributed by atoms with E-state index in [0.29, 0.717) is 6.61 Å². The molecule has 0 atom stereocenters. The first-order chi connectivity index (χ1) is 15.7. The molecule has 0 fully saturated rings. The summed E-state index contributed by atoms with van der Waals surface area (Å²) in [7, 11) is 1.53. The number of rotatable bonds is 8. The van der Waals surface area contributed by atoms with Gasteiger partial charge in [0, 0.05) is 17.5 Å². The molecule has 164 valence electrons. The number of aryl methyl sites for hydroxylation is 2. The van der Waals surface area contributed by atoms with Crippen LogP contribution in [0.3, 0.4) is 0 Å². The molecule has 0 spiro atoms. The van der Waals surface area contributed by atoms with Crippen molar-refractivity contribution in [1.82, 2.24) is 15.0 Å². The third-order valence-electron chi connectivity index (χ3n) is 5.28. The van der Waals surface area contributed by atoms with Crippen LogP contribution in [0.2, 0.25) is 0 Å². The highest BCUT2D eigenvalue weighted by atomic mass is 16.6. The molecule has 0 bridgehead atoms. The van der Waals surface area contributed by atoms with Gasteiger partial charge in [-0.3, -0.25) is 4.98 Å². The molecule has 0 saturated heterocycles. The third kappa shape index (κ3) is 5.35. The molecule has 32 heavy (non-hydrogen) atoms. The van der Waals surface area contributed by atoms with Crippen molar-refractivity contribution in [3.63, 3.8) is 0 Å². The van der Waals surface area contributed by atoms with Crippen molar-refractivity contribution < 1.29 is 9.68 Å². The van der Waals surface area contributed by atoms with Gasteiger partial charge in [-0.1, -0.05) is 46.7 Å². The summed E-state index contributed by atoms with van der Waals surface area (Å²) in [4.78, 5) is 24.5. The summed E-state index contributed by atoms with van der Waals surface area (Å²) in [6.07, 6.45) is 6.40. The van der Waals surface area contributed by atoms with E-state index in [9.17, 15) is 0 Å². The molecule has 1 aliphatic carbocycles. The second-order valence-corrected chi connectivity index (χ2v) is 7.64. The fourth-order valence-electron chi connectivity index (χ4n) is 3.66. The lowest BCUT2D eigenvalue weighted by atomic mass is 9.95. The lowest BCUT2D eigenvalue weighted by Gasteiger charge is -2.17. The fourth-order valence-corrected chi connectivity index (χ4v) is 3.66. The zero-order valence-corrected chi connectivity index (χ0v) is 18.5. The van der Waals surface area contributed by atoms with Gasteiger partial charge in [0.1, 0.15) is 25.1 Å². The number of hydrogen-bond acceptors (Lipinski definition) is 7. The number of fused-ring (bicyclic) bond motifs is 1. The molecular formula is C25H27N5O2. The Hall–Kier alpha value is -3.61. The summed E-state index contributed by atoms with van der Waals surface area (Å²) >= 11 is 0. The monoisotopic (exact) mass is 429 g/mol. The number of oxime groups is 2. The summed E-state index contributed by atoms with van der Waals surface area (Å²) in [5, 5.41) is 8.37. The van der Waals surface area contributed by atoms with E-state index in [1.54, 1.807) is 0 Å². The highest BCUT2D eigenvalue weighted by Crippen LogP contribution is 2.23. The third-order valence-corrected chi connectivity index (χ3v) is 5.28. The standard InChI is InChI=1S/C25H27N5O2/c1-18(29-31-2)22-14-7-12-21(27-22)13-8-16-32-30-23-15-6-11-20-17-26-25(28-24(20)23)19-9-4-3-5-10-19/h3-5,7,9-10,12,14,17H,6,8,11,13,15-16H2,1-2H3/b29-18+,30-23?. The quantitative estimate of drug-likeness (QED) is 0.297. The van der Waals surface area contributed by atoms with E-state index in [0.717, 1.165) is 77.6 Å². The molecule has 1 aromatic carbocycles. The molecule has 7 heteroatoms. The topological polar surface area (TPSA) is 81.9 Å². The molecule has 7 nitrogen and oxygen atoms in total. The van der Waals surface area contributed by atoms with E-state index in [1.807, 2.05) is 61.7 Å². The summed E-state index contributed by atoms with van der Waals surface area (Å²) in [6.45, 7) is 2.40. The van der Waals surface area contributed by atoms with Crippen LogP contribution in [-0.4, -0.2) is 40.1 Å². The van der Waals surface area contributed by atoms with Crippen LogP contribution in [-0.2, 0) is 22.5 Å². The van der Waals surface area contributed by atoms with E-state index in [4.69, 9.17) is 14.7 Å². The van der Waals surface area contributed by atoms with Crippen molar-refractivity contribution in [3.8, 4) is 11.4 Å². The zero-order chi connectivity index (χ0) is 22.2. The first-order valence-electron chi connectivity index (χ1n) is 10.9. The maximum Gasteiger partial charge on any atom is 0.159 e. The summed E-state index contributed by atoms with van der Waals surface area (Å²) in [5.74, 6) is 0.720. The van der Waals surface area contributed by atoms with Gasteiger partial charge in [-0.2, -0.15) is 0 Å². The number of pyridine rings is 1. The van der Waals surface area contributed by atoms with Crippen molar-refractivity contribution in [1.29, 1.82) is 0 Å². The Bertz CT molecular complexity index is 1110. The van der Waals surface area contributed by atoms with Crippen LogP contribution < -0.4 is 0 Å². The molecular weight excluding hydrogens is 402 g/mol. The normalized spacial score (nSPS) is 14.8. The molecule has 0 amide bonds. The van der Waals surface area contributed by atoms with E-state index in [1.165, 1.54) is 7.11 Å². The first-order valence-corrected chi connectivity index (χ1v) is 10.9. The fraction of sp³-hybridized carbons (Fsp3) is 0.320. The average Bonchev–Trinajstić information content (AvgIpc) is 2.84. The van der Waals surface area contributed by atoms with Crippen LogP contribution in [0, 0.1) is 0 Å². The lowest BCUT2D eigenvalue weighted by molar-refractivity contribution is 0.141. The summed E-state index contributed by atoms with van der Waals surface area (Å²) < 4.78 is 0. The molecule has 0 N–H and O–H groups in total.